The normalized spacial score (nSPS) is 15.8. The van der Waals surface area contributed by atoms with E-state index < -0.39 is 6.04 Å². The van der Waals surface area contributed by atoms with Gasteiger partial charge >= 0.3 is 0 Å². The van der Waals surface area contributed by atoms with E-state index in [1.54, 1.807) is 11.7 Å². The first-order valence-corrected chi connectivity index (χ1v) is 12.8. The van der Waals surface area contributed by atoms with Gasteiger partial charge in [-0.25, -0.2) is 4.99 Å². The summed E-state index contributed by atoms with van der Waals surface area (Å²) in [5, 5.41) is 1.95. The van der Waals surface area contributed by atoms with Crippen LogP contribution in [0, 0.1) is 0 Å². The fraction of sp³-hybridized carbons (Fsp3) is 0.233. The fourth-order valence-electron chi connectivity index (χ4n) is 4.91. The molecular formula is C30H28N2O3S. The third-order valence-corrected chi connectivity index (χ3v) is 7.71. The van der Waals surface area contributed by atoms with Crippen molar-refractivity contribution in [3.8, 4) is 5.75 Å². The van der Waals surface area contributed by atoms with Crippen LogP contribution in [-0.2, 0) is 4.79 Å². The molecule has 0 saturated heterocycles. The molecule has 1 aliphatic heterocycles. The van der Waals surface area contributed by atoms with Crippen LogP contribution in [0.1, 0.15) is 56.3 Å². The largest absolute Gasteiger partial charge is 0.496 e. The van der Waals surface area contributed by atoms with Crippen molar-refractivity contribution in [2.45, 2.75) is 39.7 Å². The first-order chi connectivity index (χ1) is 17.3. The number of ether oxygens (including phenoxy) is 1. The summed E-state index contributed by atoms with van der Waals surface area (Å²) in [6.07, 6.45) is 1.90. The van der Waals surface area contributed by atoms with Crippen LogP contribution in [0.3, 0.4) is 0 Å². The zero-order valence-corrected chi connectivity index (χ0v) is 21.8. The van der Waals surface area contributed by atoms with Crippen molar-refractivity contribution in [1.29, 1.82) is 0 Å². The molecule has 1 aromatic heterocycles. The molecule has 0 bridgehead atoms. The molecule has 0 aliphatic carbocycles. The van der Waals surface area contributed by atoms with E-state index in [0.717, 1.165) is 21.9 Å². The van der Waals surface area contributed by atoms with Gasteiger partial charge in [-0.05, 0) is 53.8 Å². The van der Waals surface area contributed by atoms with E-state index in [1.807, 2.05) is 61.5 Å². The third kappa shape index (κ3) is 4.01. The van der Waals surface area contributed by atoms with Gasteiger partial charge in [0.05, 0.1) is 17.7 Å². The summed E-state index contributed by atoms with van der Waals surface area (Å²) in [5.74, 6) is 0.953. The van der Waals surface area contributed by atoms with Gasteiger partial charge in [-0.15, -0.1) is 0 Å². The Morgan fingerprint density at radius 1 is 1.08 bits per heavy atom. The van der Waals surface area contributed by atoms with Crippen LogP contribution in [0.4, 0.5) is 0 Å². The van der Waals surface area contributed by atoms with Gasteiger partial charge in [0.25, 0.3) is 5.56 Å². The molecule has 0 spiro atoms. The SMILES string of the molecule is COc1ccc2ccccc2c1[C@H]1C(C(C)=O)=C(C)N=c2sc(=Cc3ccc(C(C)C)cc3)c(=O)n21. The maximum atomic E-state index is 13.9. The van der Waals surface area contributed by atoms with Gasteiger partial charge in [0, 0.05) is 16.8 Å². The van der Waals surface area contributed by atoms with Crippen LogP contribution < -0.4 is 19.6 Å². The number of ketones is 1. The molecule has 0 amide bonds. The predicted octanol–water partition coefficient (Wildman–Crippen LogP) is 5.11. The van der Waals surface area contributed by atoms with E-state index in [-0.39, 0.29) is 11.3 Å². The molecule has 6 heteroatoms. The summed E-state index contributed by atoms with van der Waals surface area (Å²) in [6, 6.07) is 19.5. The van der Waals surface area contributed by atoms with E-state index in [1.165, 1.54) is 23.8 Å². The summed E-state index contributed by atoms with van der Waals surface area (Å²) in [4.78, 5) is 32.1. The molecule has 0 fully saturated rings. The lowest BCUT2D eigenvalue weighted by Gasteiger charge is -2.27. The highest BCUT2D eigenvalue weighted by Gasteiger charge is 2.33. The third-order valence-electron chi connectivity index (χ3n) is 6.73. The van der Waals surface area contributed by atoms with Gasteiger partial charge in [0.2, 0.25) is 0 Å². The number of fused-ring (bicyclic) bond motifs is 2. The monoisotopic (exact) mass is 496 g/mol. The first kappa shape index (κ1) is 23.9. The molecule has 0 N–H and O–H groups in total. The van der Waals surface area contributed by atoms with E-state index in [0.29, 0.717) is 32.3 Å². The van der Waals surface area contributed by atoms with Gasteiger partial charge in [0.1, 0.15) is 5.75 Å². The zero-order chi connectivity index (χ0) is 25.6. The minimum absolute atomic E-state index is 0.116. The van der Waals surface area contributed by atoms with E-state index in [2.05, 4.69) is 26.0 Å². The summed E-state index contributed by atoms with van der Waals surface area (Å²) >= 11 is 1.34. The van der Waals surface area contributed by atoms with Crippen molar-refractivity contribution in [3.05, 3.63) is 108 Å². The Morgan fingerprint density at radius 2 is 1.81 bits per heavy atom. The Bertz CT molecular complexity index is 1710. The Labute approximate surface area is 213 Å². The zero-order valence-electron chi connectivity index (χ0n) is 21.0. The molecule has 0 saturated carbocycles. The molecule has 0 unspecified atom stereocenters. The number of hydrogen-bond acceptors (Lipinski definition) is 5. The molecule has 1 atom stereocenters. The number of benzene rings is 3. The molecule has 0 radical (unpaired) electrons. The molecule has 4 aromatic rings. The number of Topliss-reactive ketones (excluding diaryl/α,β-unsaturated/α-hetero) is 1. The van der Waals surface area contributed by atoms with Gasteiger partial charge in [0.15, 0.2) is 10.6 Å². The maximum absolute atomic E-state index is 13.9. The topological polar surface area (TPSA) is 60.7 Å². The number of aromatic nitrogens is 1. The van der Waals surface area contributed by atoms with Crippen molar-refractivity contribution in [2.75, 3.05) is 7.11 Å². The van der Waals surface area contributed by atoms with Crippen LogP contribution in [-0.4, -0.2) is 17.5 Å². The second kappa shape index (κ2) is 9.36. The van der Waals surface area contributed by atoms with Gasteiger partial charge < -0.3 is 4.74 Å². The Morgan fingerprint density at radius 3 is 2.47 bits per heavy atom. The average molecular weight is 497 g/mol. The second-order valence-electron chi connectivity index (χ2n) is 9.36. The number of allylic oxidation sites excluding steroid dienone is 2. The van der Waals surface area contributed by atoms with Gasteiger partial charge in [-0.2, -0.15) is 0 Å². The van der Waals surface area contributed by atoms with Crippen molar-refractivity contribution in [3.63, 3.8) is 0 Å². The maximum Gasteiger partial charge on any atom is 0.271 e. The smallest absolute Gasteiger partial charge is 0.271 e. The van der Waals surface area contributed by atoms with E-state index >= 15 is 0 Å². The lowest BCUT2D eigenvalue weighted by Crippen LogP contribution is -2.39. The summed E-state index contributed by atoms with van der Waals surface area (Å²) in [6.45, 7) is 7.68. The van der Waals surface area contributed by atoms with Crippen LogP contribution in [0.5, 0.6) is 5.75 Å². The van der Waals surface area contributed by atoms with Gasteiger partial charge in [-0.3, -0.25) is 14.2 Å². The highest BCUT2D eigenvalue weighted by molar-refractivity contribution is 7.07. The van der Waals surface area contributed by atoms with Crippen molar-refractivity contribution in [1.82, 2.24) is 4.57 Å². The fourth-order valence-corrected chi connectivity index (χ4v) is 5.95. The molecular weight excluding hydrogens is 468 g/mol. The van der Waals surface area contributed by atoms with E-state index in [4.69, 9.17) is 9.73 Å². The molecule has 5 rings (SSSR count). The van der Waals surface area contributed by atoms with Crippen LogP contribution >= 0.6 is 11.3 Å². The number of hydrogen-bond donors (Lipinski definition) is 0. The number of thiazole rings is 1. The quantitative estimate of drug-likeness (QED) is 0.386. The highest BCUT2D eigenvalue weighted by Crippen LogP contribution is 2.40. The summed E-state index contributed by atoms with van der Waals surface area (Å²) < 4.78 is 8.01. The number of carbonyl (C=O) groups is 1. The number of carbonyl (C=O) groups excluding carboxylic acids is 1. The highest BCUT2D eigenvalue weighted by atomic mass is 32.1. The molecule has 36 heavy (non-hydrogen) atoms. The summed E-state index contributed by atoms with van der Waals surface area (Å²) in [5.41, 5.74) is 3.95. The minimum Gasteiger partial charge on any atom is -0.496 e. The standard InChI is InChI=1S/C30H28N2O3S/c1-17(2)21-12-10-20(11-13-21)16-25-29(34)32-28(26(19(4)33)18(3)31-30(32)36-25)27-23-9-7-6-8-22(23)14-15-24(27)35-5/h6-17,28H,1-5H3/t28-/m1/s1. The lowest BCUT2D eigenvalue weighted by molar-refractivity contribution is -0.114. The molecule has 3 aromatic carbocycles. The molecule has 5 nitrogen and oxygen atoms in total. The second-order valence-corrected chi connectivity index (χ2v) is 10.4. The van der Waals surface area contributed by atoms with Crippen LogP contribution in [0.25, 0.3) is 16.8 Å². The Balaban J connectivity index is 1.80. The van der Waals surface area contributed by atoms with Crippen LogP contribution in [0.2, 0.25) is 0 Å². The molecule has 182 valence electrons. The minimum atomic E-state index is -0.634. The van der Waals surface area contributed by atoms with Crippen molar-refractivity contribution in [2.24, 2.45) is 4.99 Å². The van der Waals surface area contributed by atoms with Crippen LogP contribution in [0.15, 0.2) is 81.7 Å². The van der Waals surface area contributed by atoms with Crippen molar-refractivity contribution < 1.29 is 9.53 Å². The van der Waals surface area contributed by atoms with Crippen molar-refractivity contribution >= 4 is 34.0 Å². The van der Waals surface area contributed by atoms with Gasteiger partial charge in [-0.1, -0.05) is 79.8 Å². The molecule has 2 heterocycles. The Hall–Kier alpha value is -3.77. The predicted molar refractivity (Wildman–Crippen MR) is 145 cm³/mol. The number of nitrogens with zero attached hydrogens (tertiary/aromatic N) is 2. The average Bonchev–Trinajstić information content (AvgIpc) is 3.16. The first-order valence-electron chi connectivity index (χ1n) is 12.0. The summed E-state index contributed by atoms with van der Waals surface area (Å²) in [7, 11) is 1.61. The lowest BCUT2D eigenvalue weighted by atomic mass is 9.89. The van der Waals surface area contributed by atoms with E-state index in [9.17, 15) is 9.59 Å². The number of methoxy groups -OCH3 is 1. The Kier molecular flexibility index (Phi) is 6.22. The number of rotatable bonds is 5. The molecule has 1 aliphatic rings.